The molecule has 9 heteroatoms. The van der Waals surface area contributed by atoms with Gasteiger partial charge in [-0.1, -0.05) is 65.7 Å². The predicted molar refractivity (Wildman–Crippen MR) is 130 cm³/mol. The molecule has 1 amide bonds. The first-order valence-corrected chi connectivity index (χ1v) is 12.3. The Kier molecular flexibility index (Phi) is 8.37. The Balaban J connectivity index is 1.84. The SMILES string of the molecule is COc1ccc([C@H](C)NC(=O)CN(Cc2ccccc2)S(=O)(=O)c2cc(Cl)ccc2Cl)cc1. The molecule has 0 aliphatic carbocycles. The van der Waals surface area contributed by atoms with E-state index in [4.69, 9.17) is 27.9 Å². The van der Waals surface area contributed by atoms with Crippen LogP contribution in [-0.2, 0) is 21.4 Å². The van der Waals surface area contributed by atoms with Gasteiger partial charge in [-0.05, 0) is 48.4 Å². The highest BCUT2D eigenvalue weighted by Gasteiger charge is 2.29. The lowest BCUT2D eigenvalue weighted by atomic mass is 10.1. The van der Waals surface area contributed by atoms with Crippen molar-refractivity contribution in [2.45, 2.75) is 24.4 Å². The number of hydrogen-bond acceptors (Lipinski definition) is 4. The van der Waals surface area contributed by atoms with Crippen LogP contribution in [0.3, 0.4) is 0 Å². The molecule has 1 atom stereocenters. The molecule has 1 N–H and O–H groups in total. The maximum atomic E-state index is 13.5. The molecule has 3 rings (SSSR count). The van der Waals surface area contributed by atoms with Crippen LogP contribution in [0.1, 0.15) is 24.1 Å². The summed E-state index contributed by atoms with van der Waals surface area (Å²) in [6, 6.07) is 20.2. The summed E-state index contributed by atoms with van der Waals surface area (Å²) >= 11 is 12.2. The number of hydrogen-bond donors (Lipinski definition) is 1. The number of methoxy groups -OCH3 is 1. The molecule has 33 heavy (non-hydrogen) atoms. The second kappa shape index (κ2) is 11.0. The van der Waals surface area contributed by atoms with E-state index in [2.05, 4.69) is 5.32 Å². The standard InChI is InChI=1S/C24H24Cl2N2O4S/c1-17(19-8-11-21(32-2)12-9-19)27-24(29)16-28(15-18-6-4-3-5-7-18)33(30,31)23-14-20(25)10-13-22(23)26/h3-14,17H,15-16H2,1-2H3,(H,27,29)/t17-/m0/s1. The van der Waals surface area contributed by atoms with E-state index in [1.807, 2.05) is 25.1 Å². The van der Waals surface area contributed by atoms with Crippen molar-refractivity contribution in [1.82, 2.24) is 9.62 Å². The predicted octanol–water partition coefficient (Wildman–Crippen LogP) is 5.07. The largest absolute Gasteiger partial charge is 0.497 e. The summed E-state index contributed by atoms with van der Waals surface area (Å²) in [5.74, 6) is 0.256. The molecule has 0 radical (unpaired) electrons. The minimum atomic E-state index is -4.12. The fourth-order valence-corrected chi connectivity index (χ4v) is 5.37. The normalized spacial score (nSPS) is 12.4. The van der Waals surface area contributed by atoms with Crippen molar-refractivity contribution in [3.63, 3.8) is 0 Å². The number of amides is 1. The van der Waals surface area contributed by atoms with Crippen LogP contribution >= 0.6 is 23.2 Å². The minimum absolute atomic E-state index is 0.00362. The average molecular weight is 507 g/mol. The zero-order valence-electron chi connectivity index (χ0n) is 18.2. The first-order chi connectivity index (χ1) is 15.7. The third-order valence-corrected chi connectivity index (χ3v) is 7.53. The first-order valence-electron chi connectivity index (χ1n) is 10.1. The molecule has 0 spiro atoms. The molecule has 6 nitrogen and oxygen atoms in total. The molecule has 0 aromatic heterocycles. The van der Waals surface area contributed by atoms with E-state index in [0.717, 1.165) is 15.4 Å². The Bertz CT molecular complexity index is 1200. The molecule has 3 aromatic rings. The van der Waals surface area contributed by atoms with Crippen LogP contribution in [0.2, 0.25) is 10.0 Å². The number of carbonyl (C=O) groups excluding carboxylic acids is 1. The number of rotatable bonds is 9. The first kappa shape index (κ1) is 25.1. The molecule has 0 saturated carbocycles. The molecule has 0 aliphatic heterocycles. The summed E-state index contributed by atoms with van der Waals surface area (Å²) in [7, 11) is -2.54. The molecule has 0 unspecified atom stereocenters. The highest BCUT2D eigenvalue weighted by molar-refractivity contribution is 7.89. The van der Waals surface area contributed by atoms with Crippen LogP contribution in [0.4, 0.5) is 0 Å². The van der Waals surface area contributed by atoms with E-state index in [1.165, 1.54) is 18.2 Å². The van der Waals surface area contributed by atoms with Gasteiger partial charge in [-0.3, -0.25) is 4.79 Å². The van der Waals surface area contributed by atoms with Crippen molar-refractivity contribution >= 4 is 39.1 Å². The number of benzene rings is 3. The van der Waals surface area contributed by atoms with Gasteiger partial charge in [0.2, 0.25) is 15.9 Å². The number of nitrogens with one attached hydrogen (secondary N) is 1. The van der Waals surface area contributed by atoms with Crippen LogP contribution in [0.15, 0.2) is 77.7 Å². The molecule has 174 valence electrons. The lowest BCUT2D eigenvalue weighted by molar-refractivity contribution is -0.122. The molecule has 0 bridgehead atoms. The Labute approximate surface area is 204 Å². The maximum Gasteiger partial charge on any atom is 0.245 e. The number of sulfonamides is 1. The number of carbonyl (C=O) groups is 1. The van der Waals surface area contributed by atoms with Crippen molar-refractivity contribution in [3.05, 3.63) is 94.0 Å². The van der Waals surface area contributed by atoms with Gasteiger partial charge in [-0.25, -0.2) is 8.42 Å². The number of nitrogens with zero attached hydrogens (tertiary/aromatic N) is 1. The minimum Gasteiger partial charge on any atom is -0.497 e. The van der Waals surface area contributed by atoms with Crippen molar-refractivity contribution < 1.29 is 17.9 Å². The Hall–Kier alpha value is -2.58. The van der Waals surface area contributed by atoms with E-state index in [0.29, 0.717) is 5.75 Å². The van der Waals surface area contributed by atoms with Crippen molar-refractivity contribution in [1.29, 1.82) is 0 Å². The zero-order chi connectivity index (χ0) is 24.0. The third kappa shape index (κ3) is 6.48. The van der Waals surface area contributed by atoms with Gasteiger partial charge in [0, 0.05) is 11.6 Å². The maximum absolute atomic E-state index is 13.5. The van der Waals surface area contributed by atoms with Gasteiger partial charge in [-0.2, -0.15) is 4.31 Å². The van der Waals surface area contributed by atoms with Gasteiger partial charge >= 0.3 is 0 Å². The Morgan fingerprint density at radius 3 is 2.33 bits per heavy atom. The van der Waals surface area contributed by atoms with E-state index in [-0.39, 0.29) is 34.1 Å². The van der Waals surface area contributed by atoms with Gasteiger partial charge < -0.3 is 10.1 Å². The second-order valence-electron chi connectivity index (χ2n) is 7.40. The van der Waals surface area contributed by atoms with Gasteiger partial charge in [-0.15, -0.1) is 0 Å². The summed E-state index contributed by atoms with van der Waals surface area (Å²) in [6.07, 6.45) is 0. The van der Waals surface area contributed by atoms with Crippen LogP contribution < -0.4 is 10.1 Å². The Morgan fingerprint density at radius 2 is 1.70 bits per heavy atom. The molecular weight excluding hydrogens is 483 g/mol. The van der Waals surface area contributed by atoms with Gasteiger partial charge in [0.15, 0.2) is 0 Å². The molecule has 0 aliphatic rings. The van der Waals surface area contributed by atoms with Crippen molar-refractivity contribution in [2.75, 3.05) is 13.7 Å². The molecule has 0 fully saturated rings. The molecule has 3 aromatic carbocycles. The lowest BCUT2D eigenvalue weighted by Gasteiger charge is -2.24. The second-order valence-corrected chi connectivity index (χ2v) is 10.1. The van der Waals surface area contributed by atoms with E-state index in [1.54, 1.807) is 43.5 Å². The van der Waals surface area contributed by atoms with Crippen LogP contribution in [0, 0.1) is 0 Å². The summed E-state index contributed by atoms with van der Waals surface area (Å²) in [4.78, 5) is 12.7. The highest BCUT2D eigenvalue weighted by atomic mass is 35.5. The molecule has 0 saturated heterocycles. The van der Waals surface area contributed by atoms with Gasteiger partial charge in [0.05, 0.1) is 24.7 Å². The van der Waals surface area contributed by atoms with E-state index >= 15 is 0 Å². The van der Waals surface area contributed by atoms with Crippen molar-refractivity contribution in [2.24, 2.45) is 0 Å². The van der Waals surface area contributed by atoms with Gasteiger partial charge in [0.1, 0.15) is 10.6 Å². The van der Waals surface area contributed by atoms with Crippen LogP contribution in [-0.4, -0.2) is 32.3 Å². The summed E-state index contributed by atoms with van der Waals surface area (Å²) in [5, 5.41) is 3.12. The fourth-order valence-electron chi connectivity index (χ4n) is 3.25. The quantitative estimate of drug-likeness (QED) is 0.439. The summed E-state index contributed by atoms with van der Waals surface area (Å²) in [5.41, 5.74) is 1.59. The summed E-state index contributed by atoms with van der Waals surface area (Å²) < 4.78 is 33.2. The lowest BCUT2D eigenvalue weighted by Crippen LogP contribution is -2.41. The number of ether oxygens (including phenoxy) is 1. The van der Waals surface area contributed by atoms with E-state index < -0.39 is 15.9 Å². The molecule has 0 heterocycles. The van der Waals surface area contributed by atoms with Crippen LogP contribution in [0.25, 0.3) is 0 Å². The fraction of sp³-hybridized carbons (Fsp3) is 0.208. The monoisotopic (exact) mass is 506 g/mol. The zero-order valence-corrected chi connectivity index (χ0v) is 20.5. The number of halogens is 2. The van der Waals surface area contributed by atoms with Crippen molar-refractivity contribution in [3.8, 4) is 5.75 Å². The smallest absolute Gasteiger partial charge is 0.245 e. The molecular formula is C24H24Cl2N2O4S. The third-order valence-electron chi connectivity index (χ3n) is 5.03. The Morgan fingerprint density at radius 1 is 1.03 bits per heavy atom. The topological polar surface area (TPSA) is 75.7 Å². The highest BCUT2D eigenvalue weighted by Crippen LogP contribution is 2.28. The van der Waals surface area contributed by atoms with Gasteiger partial charge in [0.25, 0.3) is 0 Å². The van der Waals surface area contributed by atoms with E-state index in [9.17, 15) is 13.2 Å². The average Bonchev–Trinajstić information content (AvgIpc) is 2.80. The summed E-state index contributed by atoms with van der Waals surface area (Å²) in [6.45, 7) is 1.43. The van der Waals surface area contributed by atoms with Crippen LogP contribution in [0.5, 0.6) is 5.75 Å².